The fourth-order valence-corrected chi connectivity index (χ4v) is 3.10. The Kier molecular flexibility index (Phi) is 6.27. The smallest absolute Gasteiger partial charge is 0.122 e. The number of methoxy groups -OCH3 is 1. The van der Waals surface area contributed by atoms with Crippen molar-refractivity contribution in [1.82, 2.24) is 4.90 Å². The van der Waals surface area contributed by atoms with E-state index in [2.05, 4.69) is 50.8 Å². The number of nitrogens with zero attached hydrogens (tertiary/aromatic N) is 1. The highest BCUT2D eigenvalue weighted by Crippen LogP contribution is 2.28. The van der Waals surface area contributed by atoms with E-state index in [0.717, 1.165) is 31.7 Å². The van der Waals surface area contributed by atoms with Gasteiger partial charge in [0, 0.05) is 19.1 Å². The Morgan fingerprint density at radius 3 is 2.36 bits per heavy atom. The maximum Gasteiger partial charge on any atom is 0.122 e. The van der Waals surface area contributed by atoms with Gasteiger partial charge in [-0.1, -0.05) is 26.0 Å². The zero-order valence-corrected chi connectivity index (χ0v) is 14.8. The molecule has 2 rings (SSSR count). The second-order valence-electron chi connectivity index (χ2n) is 6.87. The average molecular weight is 305 g/mol. The Morgan fingerprint density at radius 2 is 1.82 bits per heavy atom. The lowest BCUT2D eigenvalue weighted by Crippen LogP contribution is -2.40. The Morgan fingerprint density at radius 1 is 1.14 bits per heavy atom. The molecule has 1 aromatic rings. The van der Waals surface area contributed by atoms with Crippen LogP contribution in [-0.2, 0) is 11.3 Å². The maximum atomic E-state index is 6.11. The molecule has 1 fully saturated rings. The van der Waals surface area contributed by atoms with E-state index in [0.29, 0.717) is 24.7 Å². The zero-order chi connectivity index (χ0) is 16.1. The number of rotatable bonds is 6. The fourth-order valence-electron chi connectivity index (χ4n) is 3.10. The molecule has 0 saturated carbocycles. The molecule has 0 unspecified atom stereocenters. The third-order valence-electron chi connectivity index (χ3n) is 4.61. The summed E-state index contributed by atoms with van der Waals surface area (Å²) in [5, 5.41) is 0. The van der Waals surface area contributed by atoms with Crippen molar-refractivity contribution >= 4 is 0 Å². The summed E-state index contributed by atoms with van der Waals surface area (Å²) in [5.74, 6) is 1.45. The third kappa shape index (κ3) is 4.47. The highest BCUT2D eigenvalue weighted by molar-refractivity contribution is 5.39. The summed E-state index contributed by atoms with van der Waals surface area (Å²) in [7, 11) is 1.74. The summed E-state index contributed by atoms with van der Waals surface area (Å²) in [6.45, 7) is 11.9. The van der Waals surface area contributed by atoms with Gasteiger partial charge in [-0.2, -0.15) is 0 Å². The first-order valence-electron chi connectivity index (χ1n) is 8.53. The van der Waals surface area contributed by atoms with Gasteiger partial charge in [0.15, 0.2) is 0 Å². The van der Waals surface area contributed by atoms with Gasteiger partial charge in [0.05, 0.1) is 19.8 Å². The second-order valence-corrected chi connectivity index (χ2v) is 6.87. The zero-order valence-electron chi connectivity index (χ0n) is 14.8. The van der Waals surface area contributed by atoms with E-state index in [4.69, 9.17) is 9.47 Å². The van der Waals surface area contributed by atoms with Gasteiger partial charge in [-0.05, 0) is 49.8 Å². The molecule has 124 valence electrons. The molecule has 3 heteroatoms. The first-order valence-corrected chi connectivity index (χ1v) is 8.53. The van der Waals surface area contributed by atoms with Crippen molar-refractivity contribution in [2.75, 3.05) is 20.2 Å². The topological polar surface area (TPSA) is 21.7 Å². The highest BCUT2D eigenvalue weighted by atomic mass is 16.5. The maximum absolute atomic E-state index is 6.11. The number of hydrogen-bond acceptors (Lipinski definition) is 3. The summed E-state index contributed by atoms with van der Waals surface area (Å²) < 4.78 is 11.6. The first kappa shape index (κ1) is 17.3. The van der Waals surface area contributed by atoms with E-state index in [-0.39, 0.29) is 0 Å². The van der Waals surface area contributed by atoms with E-state index in [1.165, 1.54) is 11.1 Å². The van der Waals surface area contributed by atoms with E-state index < -0.39 is 0 Å². The minimum Gasteiger partial charge on any atom is -0.496 e. The minimum atomic E-state index is 0.394. The van der Waals surface area contributed by atoms with Gasteiger partial charge in [0.25, 0.3) is 0 Å². The van der Waals surface area contributed by atoms with Gasteiger partial charge in [0.1, 0.15) is 5.75 Å². The van der Waals surface area contributed by atoms with Crippen LogP contribution in [0.3, 0.4) is 0 Å². The summed E-state index contributed by atoms with van der Waals surface area (Å²) >= 11 is 0. The van der Waals surface area contributed by atoms with Crippen LogP contribution < -0.4 is 4.74 Å². The van der Waals surface area contributed by atoms with Gasteiger partial charge in [-0.25, -0.2) is 0 Å². The number of ether oxygens (including phenoxy) is 2. The normalized spacial score (nSPS) is 17.4. The molecule has 0 atom stereocenters. The number of hydrogen-bond donors (Lipinski definition) is 0. The van der Waals surface area contributed by atoms with Crippen LogP contribution in [0.5, 0.6) is 5.75 Å². The molecule has 0 bridgehead atoms. The quantitative estimate of drug-likeness (QED) is 0.786. The summed E-state index contributed by atoms with van der Waals surface area (Å²) in [6, 6.07) is 7.11. The number of piperidine rings is 1. The van der Waals surface area contributed by atoms with Crippen molar-refractivity contribution in [1.29, 1.82) is 0 Å². The molecule has 1 aromatic carbocycles. The van der Waals surface area contributed by atoms with Gasteiger partial charge in [-0.15, -0.1) is 0 Å². The second kappa shape index (κ2) is 7.98. The molecule has 1 aliphatic heterocycles. The first-order chi connectivity index (χ1) is 10.5. The Hall–Kier alpha value is -1.06. The van der Waals surface area contributed by atoms with Crippen molar-refractivity contribution in [2.24, 2.45) is 0 Å². The molecule has 0 aliphatic carbocycles. The van der Waals surface area contributed by atoms with Gasteiger partial charge in [0.2, 0.25) is 0 Å². The Bertz CT molecular complexity index is 463. The molecular formula is C19H31NO2. The van der Waals surface area contributed by atoms with E-state index in [1.807, 2.05) is 0 Å². The molecule has 0 N–H and O–H groups in total. The van der Waals surface area contributed by atoms with Crippen molar-refractivity contribution in [2.45, 2.75) is 65.2 Å². The molecular weight excluding hydrogens is 274 g/mol. The van der Waals surface area contributed by atoms with Crippen molar-refractivity contribution in [3.05, 3.63) is 29.3 Å². The number of likely N-dealkylation sites (tertiary alicyclic amines) is 1. The van der Waals surface area contributed by atoms with Crippen LogP contribution in [0.15, 0.2) is 18.2 Å². The standard InChI is InChI=1S/C19H31NO2/c1-14(2)18-7-6-16(12-19(18)21-5)13-22-17-8-10-20(11-9-17)15(3)4/h6-7,12,14-15,17H,8-11,13H2,1-5H3. The Balaban J connectivity index is 1.87. The van der Waals surface area contributed by atoms with Gasteiger partial charge < -0.3 is 14.4 Å². The summed E-state index contributed by atoms with van der Waals surface area (Å²) in [4.78, 5) is 2.53. The Labute approximate surface area is 135 Å². The lowest BCUT2D eigenvalue weighted by Gasteiger charge is -2.34. The molecule has 0 spiro atoms. The van der Waals surface area contributed by atoms with Gasteiger partial charge in [-0.3, -0.25) is 0 Å². The van der Waals surface area contributed by atoms with Crippen molar-refractivity contribution < 1.29 is 9.47 Å². The van der Waals surface area contributed by atoms with E-state index in [9.17, 15) is 0 Å². The third-order valence-corrected chi connectivity index (χ3v) is 4.61. The molecule has 3 nitrogen and oxygen atoms in total. The highest BCUT2D eigenvalue weighted by Gasteiger charge is 2.21. The molecule has 0 aromatic heterocycles. The van der Waals surface area contributed by atoms with Crippen molar-refractivity contribution in [3.63, 3.8) is 0 Å². The predicted octanol–water partition coefficient (Wildman–Crippen LogP) is 4.21. The van der Waals surface area contributed by atoms with Crippen LogP contribution >= 0.6 is 0 Å². The molecule has 1 heterocycles. The molecule has 1 saturated heterocycles. The molecule has 0 amide bonds. The minimum absolute atomic E-state index is 0.394. The van der Waals surface area contributed by atoms with Crippen LogP contribution in [0.4, 0.5) is 0 Å². The summed E-state index contributed by atoms with van der Waals surface area (Å²) in [5.41, 5.74) is 2.46. The van der Waals surface area contributed by atoms with Crippen LogP contribution in [0.25, 0.3) is 0 Å². The lowest BCUT2D eigenvalue weighted by molar-refractivity contribution is -0.00807. The number of benzene rings is 1. The fraction of sp³-hybridized carbons (Fsp3) is 0.684. The largest absolute Gasteiger partial charge is 0.496 e. The molecule has 0 radical (unpaired) electrons. The van der Waals surface area contributed by atoms with Crippen LogP contribution in [0, 0.1) is 0 Å². The SMILES string of the molecule is COc1cc(COC2CCN(C(C)C)CC2)ccc1C(C)C. The molecule has 22 heavy (non-hydrogen) atoms. The van der Waals surface area contributed by atoms with E-state index >= 15 is 0 Å². The van der Waals surface area contributed by atoms with Crippen LogP contribution in [-0.4, -0.2) is 37.2 Å². The average Bonchev–Trinajstić information content (AvgIpc) is 2.52. The monoisotopic (exact) mass is 305 g/mol. The molecule has 1 aliphatic rings. The van der Waals surface area contributed by atoms with Crippen LogP contribution in [0.1, 0.15) is 57.6 Å². The summed E-state index contributed by atoms with van der Waals surface area (Å²) in [6.07, 6.45) is 2.67. The lowest BCUT2D eigenvalue weighted by atomic mass is 10.0. The van der Waals surface area contributed by atoms with Crippen LogP contribution in [0.2, 0.25) is 0 Å². The van der Waals surface area contributed by atoms with Crippen molar-refractivity contribution in [3.8, 4) is 5.75 Å². The predicted molar refractivity (Wildman–Crippen MR) is 91.6 cm³/mol. The van der Waals surface area contributed by atoms with Gasteiger partial charge >= 0.3 is 0 Å². The van der Waals surface area contributed by atoms with E-state index in [1.54, 1.807) is 7.11 Å².